The highest BCUT2D eigenvalue weighted by Crippen LogP contribution is 2.27. The molecule has 1 aliphatic rings. The molecule has 0 saturated carbocycles. The molecule has 1 saturated heterocycles. The van der Waals surface area contributed by atoms with Gasteiger partial charge in [0, 0.05) is 37.2 Å². The lowest BCUT2D eigenvalue weighted by Gasteiger charge is -2.22. The van der Waals surface area contributed by atoms with E-state index in [1.54, 1.807) is 25.3 Å². The normalized spacial score (nSPS) is 16.9. The first kappa shape index (κ1) is 24.2. The predicted octanol–water partition coefficient (Wildman–Crippen LogP) is 2.64. The molecule has 8 nitrogen and oxygen atoms in total. The van der Waals surface area contributed by atoms with Gasteiger partial charge < -0.3 is 14.0 Å². The monoisotopic (exact) mass is 462 g/mol. The number of aromatic nitrogens is 1. The highest BCUT2D eigenvalue weighted by atomic mass is 32.2. The third-order valence-corrected chi connectivity index (χ3v) is 7.76. The number of esters is 1. The summed E-state index contributed by atoms with van der Waals surface area (Å²) >= 11 is 0. The van der Waals surface area contributed by atoms with Gasteiger partial charge in [-0.2, -0.15) is 4.31 Å². The average molecular weight is 463 g/mol. The number of hydrogen-bond acceptors (Lipinski definition) is 6. The molecule has 0 bridgehead atoms. The smallest absolute Gasteiger partial charge is 0.324 e. The van der Waals surface area contributed by atoms with Crippen molar-refractivity contribution in [2.75, 3.05) is 26.9 Å². The molecule has 0 radical (unpaired) electrons. The maximum absolute atomic E-state index is 13.0. The summed E-state index contributed by atoms with van der Waals surface area (Å²) in [5.41, 5.74) is 3.13. The van der Waals surface area contributed by atoms with Crippen molar-refractivity contribution in [3.8, 4) is 0 Å². The molecule has 32 heavy (non-hydrogen) atoms. The molecule has 0 aliphatic carbocycles. The molecule has 0 N–H and O–H groups in total. The first-order valence-corrected chi connectivity index (χ1v) is 12.0. The molecule has 1 fully saturated rings. The summed E-state index contributed by atoms with van der Waals surface area (Å²) in [6.07, 6.45) is 0.920. The van der Waals surface area contributed by atoms with E-state index in [2.05, 4.69) is 0 Å². The SMILES string of the molecule is COCCn1c(C)cc(C(=O)COC(=O)C2CCCN2S(=O)(=O)c2ccc(C)cc2)c1C. The molecular formula is C23H30N2O6S. The second kappa shape index (κ2) is 9.97. The number of carbonyl (C=O) groups is 2. The zero-order valence-corrected chi connectivity index (χ0v) is 19.8. The van der Waals surface area contributed by atoms with E-state index in [1.165, 1.54) is 16.4 Å². The van der Waals surface area contributed by atoms with E-state index in [1.807, 2.05) is 25.3 Å². The van der Waals surface area contributed by atoms with Crippen LogP contribution < -0.4 is 0 Å². The fourth-order valence-electron chi connectivity index (χ4n) is 4.03. The van der Waals surface area contributed by atoms with Crippen molar-refractivity contribution in [3.05, 3.63) is 52.8 Å². The average Bonchev–Trinajstić information content (AvgIpc) is 3.36. The number of ketones is 1. The van der Waals surface area contributed by atoms with Crippen molar-refractivity contribution in [1.82, 2.24) is 8.87 Å². The van der Waals surface area contributed by atoms with Crippen LogP contribution in [0.4, 0.5) is 0 Å². The molecule has 2 aromatic rings. The van der Waals surface area contributed by atoms with Gasteiger partial charge in [-0.15, -0.1) is 0 Å². The Morgan fingerprint density at radius 1 is 1.12 bits per heavy atom. The zero-order chi connectivity index (χ0) is 23.5. The molecule has 0 amide bonds. The van der Waals surface area contributed by atoms with Crippen LogP contribution in [0.15, 0.2) is 35.2 Å². The van der Waals surface area contributed by atoms with Gasteiger partial charge in [0.25, 0.3) is 0 Å². The van der Waals surface area contributed by atoms with Crippen LogP contribution in [0, 0.1) is 20.8 Å². The summed E-state index contributed by atoms with van der Waals surface area (Å²) in [4.78, 5) is 25.6. The minimum absolute atomic E-state index is 0.141. The number of nitrogens with zero attached hydrogens (tertiary/aromatic N) is 2. The van der Waals surface area contributed by atoms with Gasteiger partial charge in [0.15, 0.2) is 6.61 Å². The van der Waals surface area contributed by atoms with Gasteiger partial charge in [-0.3, -0.25) is 9.59 Å². The maximum Gasteiger partial charge on any atom is 0.324 e. The molecule has 2 heterocycles. The number of Topliss-reactive ketones (excluding diaryl/α,β-unsaturated/α-hetero) is 1. The summed E-state index contributed by atoms with van der Waals surface area (Å²) in [5, 5.41) is 0. The second-order valence-electron chi connectivity index (χ2n) is 8.05. The second-order valence-corrected chi connectivity index (χ2v) is 9.94. The quantitative estimate of drug-likeness (QED) is 0.420. The summed E-state index contributed by atoms with van der Waals surface area (Å²) in [6, 6.07) is 7.35. The lowest BCUT2D eigenvalue weighted by molar-refractivity contribution is -0.146. The van der Waals surface area contributed by atoms with Gasteiger partial charge in [0.1, 0.15) is 6.04 Å². The van der Waals surface area contributed by atoms with Crippen LogP contribution in [0.2, 0.25) is 0 Å². The number of sulfonamides is 1. The minimum Gasteiger partial charge on any atom is -0.456 e. The Morgan fingerprint density at radius 3 is 2.47 bits per heavy atom. The van der Waals surface area contributed by atoms with Gasteiger partial charge in [-0.05, 0) is 51.8 Å². The maximum atomic E-state index is 13.0. The van der Waals surface area contributed by atoms with E-state index in [-0.39, 0.29) is 17.2 Å². The topological polar surface area (TPSA) is 94.9 Å². The Labute approximate surface area is 189 Å². The van der Waals surface area contributed by atoms with E-state index in [4.69, 9.17) is 9.47 Å². The third-order valence-electron chi connectivity index (χ3n) is 5.84. The molecule has 1 atom stereocenters. The number of carbonyl (C=O) groups excluding carboxylic acids is 2. The van der Waals surface area contributed by atoms with Crippen molar-refractivity contribution in [2.24, 2.45) is 0 Å². The van der Waals surface area contributed by atoms with Gasteiger partial charge >= 0.3 is 5.97 Å². The van der Waals surface area contributed by atoms with Gasteiger partial charge in [-0.1, -0.05) is 17.7 Å². The van der Waals surface area contributed by atoms with Crippen molar-refractivity contribution < 1.29 is 27.5 Å². The van der Waals surface area contributed by atoms with E-state index in [0.29, 0.717) is 31.6 Å². The third kappa shape index (κ3) is 4.95. The zero-order valence-electron chi connectivity index (χ0n) is 19.0. The fraction of sp³-hybridized carbons (Fsp3) is 0.478. The van der Waals surface area contributed by atoms with E-state index in [0.717, 1.165) is 17.0 Å². The Balaban J connectivity index is 1.68. The van der Waals surface area contributed by atoms with Crippen molar-refractivity contribution in [3.63, 3.8) is 0 Å². The molecule has 0 spiro atoms. The number of aryl methyl sites for hydroxylation is 2. The largest absolute Gasteiger partial charge is 0.456 e. The summed E-state index contributed by atoms with van der Waals surface area (Å²) in [6.45, 7) is 6.56. The molecule has 1 aliphatic heterocycles. The summed E-state index contributed by atoms with van der Waals surface area (Å²) < 4.78 is 39.6. The molecule has 9 heteroatoms. The van der Waals surface area contributed by atoms with Crippen LogP contribution in [0.25, 0.3) is 0 Å². The Hall–Kier alpha value is -2.49. The van der Waals surface area contributed by atoms with Crippen LogP contribution in [0.1, 0.15) is 40.2 Å². The minimum atomic E-state index is -3.83. The molecular weight excluding hydrogens is 432 g/mol. The van der Waals surface area contributed by atoms with E-state index < -0.39 is 28.6 Å². The van der Waals surface area contributed by atoms with Crippen LogP contribution >= 0.6 is 0 Å². The van der Waals surface area contributed by atoms with E-state index in [9.17, 15) is 18.0 Å². The lowest BCUT2D eigenvalue weighted by atomic mass is 10.1. The highest BCUT2D eigenvalue weighted by molar-refractivity contribution is 7.89. The van der Waals surface area contributed by atoms with Crippen LogP contribution in [-0.2, 0) is 30.8 Å². The summed E-state index contributed by atoms with van der Waals surface area (Å²) in [7, 11) is -2.21. The number of benzene rings is 1. The van der Waals surface area contributed by atoms with Gasteiger partial charge in [0.2, 0.25) is 15.8 Å². The fourth-order valence-corrected chi connectivity index (χ4v) is 5.68. The van der Waals surface area contributed by atoms with Gasteiger partial charge in [0.05, 0.1) is 11.5 Å². The Kier molecular flexibility index (Phi) is 7.53. The summed E-state index contributed by atoms with van der Waals surface area (Å²) in [5.74, 6) is -1.01. The Morgan fingerprint density at radius 2 is 1.81 bits per heavy atom. The van der Waals surface area contributed by atoms with Crippen molar-refractivity contribution in [1.29, 1.82) is 0 Å². The molecule has 174 valence electrons. The first-order chi connectivity index (χ1) is 15.2. The standard InChI is InChI=1S/C23H30N2O6S/c1-16-7-9-19(10-8-16)32(28,29)25-11-5-6-21(25)23(27)31-15-22(26)20-14-17(2)24(18(20)3)12-13-30-4/h7-10,14,21H,5-6,11-13,15H2,1-4H3. The molecule has 3 rings (SSSR count). The number of methoxy groups -OCH3 is 1. The molecule has 1 aromatic heterocycles. The number of hydrogen-bond donors (Lipinski definition) is 0. The van der Waals surface area contributed by atoms with Gasteiger partial charge in [-0.25, -0.2) is 8.42 Å². The Bertz CT molecular complexity index is 1090. The van der Waals surface area contributed by atoms with E-state index >= 15 is 0 Å². The van der Waals surface area contributed by atoms with Crippen molar-refractivity contribution in [2.45, 2.75) is 51.1 Å². The van der Waals surface area contributed by atoms with Crippen LogP contribution in [0.5, 0.6) is 0 Å². The van der Waals surface area contributed by atoms with Crippen molar-refractivity contribution >= 4 is 21.8 Å². The van der Waals surface area contributed by atoms with Crippen LogP contribution in [0.3, 0.4) is 0 Å². The predicted molar refractivity (Wildman–Crippen MR) is 119 cm³/mol. The van der Waals surface area contributed by atoms with Crippen LogP contribution in [-0.4, -0.2) is 62.0 Å². The molecule has 1 aromatic carbocycles. The first-order valence-electron chi connectivity index (χ1n) is 10.6. The lowest BCUT2D eigenvalue weighted by Crippen LogP contribution is -2.41. The number of rotatable bonds is 9. The number of ether oxygens (including phenoxy) is 2. The highest BCUT2D eigenvalue weighted by Gasteiger charge is 2.40. The molecule has 1 unspecified atom stereocenters.